The van der Waals surface area contributed by atoms with E-state index in [1.807, 2.05) is 0 Å². The maximum atomic E-state index is 3.36. The predicted octanol–water partition coefficient (Wildman–Crippen LogP) is 3.03. The number of benzene rings is 1. The van der Waals surface area contributed by atoms with E-state index in [1.54, 1.807) is 0 Å². The van der Waals surface area contributed by atoms with Crippen LogP contribution in [0.3, 0.4) is 0 Å². The average Bonchev–Trinajstić information content (AvgIpc) is 2.33. The lowest BCUT2D eigenvalue weighted by atomic mass is 9.85. The van der Waals surface area contributed by atoms with E-state index in [9.17, 15) is 0 Å². The second-order valence-corrected chi connectivity index (χ2v) is 5.59. The Hall–Kier alpha value is -0.860. The summed E-state index contributed by atoms with van der Waals surface area (Å²) in [4.78, 5) is 2.46. The Morgan fingerprint density at radius 1 is 1.17 bits per heavy atom. The summed E-state index contributed by atoms with van der Waals surface area (Å²) < 4.78 is 0. The van der Waals surface area contributed by atoms with Gasteiger partial charge in [0.15, 0.2) is 0 Å². The van der Waals surface area contributed by atoms with Crippen LogP contribution in [0.2, 0.25) is 0 Å². The van der Waals surface area contributed by atoms with Crippen LogP contribution in [0, 0.1) is 5.92 Å². The number of hydrogen-bond acceptors (Lipinski definition) is 2. The van der Waals surface area contributed by atoms with Gasteiger partial charge in [0.05, 0.1) is 0 Å². The predicted molar refractivity (Wildman–Crippen MR) is 77.5 cm³/mol. The zero-order valence-electron chi connectivity index (χ0n) is 11.8. The van der Waals surface area contributed by atoms with Gasteiger partial charge in [-0.3, -0.25) is 0 Å². The SMILES string of the molecule is CCNCc1ccc(CN(C)CC2CCC2)cc1. The number of nitrogens with zero attached hydrogens (tertiary/aromatic N) is 1. The van der Waals surface area contributed by atoms with Crippen LogP contribution in [-0.2, 0) is 13.1 Å². The monoisotopic (exact) mass is 246 g/mol. The maximum Gasteiger partial charge on any atom is 0.0230 e. The fraction of sp³-hybridized carbons (Fsp3) is 0.625. The Bertz CT molecular complexity index is 341. The molecule has 0 aliphatic heterocycles. The number of rotatable bonds is 7. The molecule has 0 atom stereocenters. The van der Waals surface area contributed by atoms with Crippen molar-refractivity contribution in [2.75, 3.05) is 20.1 Å². The van der Waals surface area contributed by atoms with E-state index in [-0.39, 0.29) is 0 Å². The first-order chi connectivity index (χ1) is 8.78. The van der Waals surface area contributed by atoms with Crippen molar-refractivity contribution in [3.63, 3.8) is 0 Å². The molecule has 1 N–H and O–H groups in total. The molecule has 0 radical (unpaired) electrons. The Morgan fingerprint density at radius 2 is 1.83 bits per heavy atom. The van der Waals surface area contributed by atoms with Crippen molar-refractivity contribution in [3.8, 4) is 0 Å². The standard InChI is InChI=1S/C16H26N2/c1-3-17-11-14-7-9-16(10-8-14)13-18(2)12-15-5-4-6-15/h7-10,15,17H,3-6,11-13H2,1-2H3. The van der Waals surface area contributed by atoms with E-state index in [1.165, 1.54) is 36.9 Å². The lowest BCUT2D eigenvalue weighted by molar-refractivity contribution is 0.200. The summed E-state index contributed by atoms with van der Waals surface area (Å²) in [6.45, 7) is 6.50. The highest BCUT2D eigenvalue weighted by molar-refractivity contribution is 5.22. The molecule has 2 rings (SSSR count). The number of hydrogen-bond donors (Lipinski definition) is 1. The fourth-order valence-electron chi connectivity index (χ4n) is 2.52. The van der Waals surface area contributed by atoms with E-state index < -0.39 is 0 Å². The van der Waals surface area contributed by atoms with Crippen LogP contribution in [-0.4, -0.2) is 25.0 Å². The molecule has 1 fully saturated rings. The highest BCUT2D eigenvalue weighted by atomic mass is 15.1. The topological polar surface area (TPSA) is 15.3 Å². The second kappa shape index (κ2) is 6.91. The first kappa shape index (κ1) is 13.6. The lowest BCUT2D eigenvalue weighted by Crippen LogP contribution is -2.29. The second-order valence-electron chi connectivity index (χ2n) is 5.59. The van der Waals surface area contributed by atoms with Crippen LogP contribution in [0.1, 0.15) is 37.3 Å². The molecule has 0 heterocycles. The molecule has 1 saturated carbocycles. The first-order valence-corrected chi connectivity index (χ1v) is 7.25. The molecule has 2 nitrogen and oxygen atoms in total. The van der Waals surface area contributed by atoms with Crippen LogP contribution in [0.4, 0.5) is 0 Å². The van der Waals surface area contributed by atoms with Crippen molar-refractivity contribution in [1.29, 1.82) is 0 Å². The summed E-state index contributed by atoms with van der Waals surface area (Å²) >= 11 is 0. The van der Waals surface area contributed by atoms with Crippen LogP contribution in [0.15, 0.2) is 24.3 Å². The molecule has 1 aliphatic rings. The molecule has 0 saturated heterocycles. The number of nitrogens with one attached hydrogen (secondary N) is 1. The summed E-state index contributed by atoms with van der Waals surface area (Å²) in [7, 11) is 2.24. The zero-order chi connectivity index (χ0) is 12.8. The van der Waals surface area contributed by atoms with Crippen molar-refractivity contribution in [2.24, 2.45) is 5.92 Å². The van der Waals surface area contributed by atoms with Crippen LogP contribution >= 0.6 is 0 Å². The van der Waals surface area contributed by atoms with Gasteiger partial charge in [0.25, 0.3) is 0 Å². The molecule has 0 spiro atoms. The third-order valence-electron chi connectivity index (χ3n) is 3.85. The molecule has 2 heteroatoms. The van der Waals surface area contributed by atoms with Crippen molar-refractivity contribution in [1.82, 2.24) is 10.2 Å². The summed E-state index contributed by atoms with van der Waals surface area (Å²) in [6.07, 6.45) is 4.32. The van der Waals surface area contributed by atoms with Crippen molar-refractivity contribution >= 4 is 0 Å². The lowest BCUT2D eigenvalue weighted by Gasteiger charge is -2.30. The van der Waals surface area contributed by atoms with Gasteiger partial charge < -0.3 is 10.2 Å². The van der Waals surface area contributed by atoms with Crippen LogP contribution in [0.5, 0.6) is 0 Å². The maximum absolute atomic E-state index is 3.36. The van der Waals surface area contributed by atoms with Crippen molar-refractivity contribution in [3.05, 3.63) is 35.4 Å². The summed E-state index contributed by atoms with van der Waals surface area (Å²) in [5.41, 5.74) is 2.80. The van der Waals surface area contributed by atoms with Gasteiger partial charge in [-0.05, 0) is 43.5 Å². The highest BCUT2D eigenvalue weighted by Gasteiger charge is 2.18. The molecule has 1 aromatic rings. The molecule has 18 heavy (non-hydrogen) atoms. The van der Waals surface area contributed by atoms with Gasteiger partial charge >= 0.3 is 0 Å². The van der Waals surface area contributed by atoms with Crippen LogP contribution < -0.4 is 5.32 Å². The fourth-order valence-corrected chi connectivity index (χ4v) is 2.52. The van der Waals surface area contributed by atoms with Gasteiger partial charge in [-0.15, -0.1) is 0 Å². The largest absolute Gasteiger partial charge is 0.313 e. The minimum Gasteiger partial charge on any atom is -0.313 e. The molecule has 0 unspecified atom stereocenters. The zero-order valence-corrected chi connectivity index (χ0v) is 11.8. The Labute approximate surface area is 111 Å². The molecule has 0 amide bonds. The summed E-state index contributed by atoms with van der Waals surface area (Å²) in [6, 6.07) is 9.03. The van der Waals surface area contributed by atoms with E-state index in [4.69, 9.17) is 0 Å². The van der Waals surface area contributed by atoms with Gasteiger partial charge in [-0.1, -0.05) is 37.6 Å². The minimum atomic E-state index is 0.961. The Balaban J connectivity index is 1.77. The Morgan fingerprint density at radius 3 is 2.39 bits per heavy atom. The highest BCUT2D eigenvalue weighted by Crippen LogP contribution is 2.27. The molecule has 0 bridgehead atoms. The molecular formula is C16H26N2. The molecular weight excluding hydrogens is 220 g/mol. The van der Waals surface area contributed by atoms with E-state index >= 15 is 0 Å². The quantitative estimate of drug-likeness (QED) is 0.795. The van der Waals surface area contributed by atoms with Crippen molar-refractivity contribution in [2.45, 2.75) is 39.3 Å². The van der Waals surface area contributed by atoms with E-state index in [2.05, 4.69) is 48.5 Å². The average molecular weight is 246 g/mol. The van der Waals surface area contributed by atoms with Gasteiger partial charge in [0.1, 0.15) is 0 Å². The van der Waals surface area contributed by atoms with Gasteiger partial charge in [0, 0.05) is 19.6 Å². The third-order valence-corrected chi connectivity index (χ3v) is 3.85. The van der Waals surface area contributed by atoms with Gasteiger partial charge in [-0.25, -0.2) is 0 Å². The third kappa shape index (κ3) is 4.11. The summed E-state index contributed by atoms with van der Waals surface area (Å²) in [5, 5.41) is 3.36. The smallest absolute Gasteiger partial charge is 0.0230 e. The molecule has 1 aliphatic carbocycles. The van der Waals surface area contributed by atoms with E-state index in [0.717, 1.165) is 25.6 Å². The van der Waals surface area contributed by atoms with Crippen LogP contribution in [0.25, 0.3) is 0 Å². The molecule has 1 aromatic carbocycles. The van der Waals surface area contributed by atoms with Crippen molar-refractivity contribution < 1.29 is 0 Å². The van der Waals surface area contributed by atoms with E-state index in [0.29, 0.717) is 0 Å². The molecule has 0 aromatic heterocycles. The molecule has 100 valence electrons. The Kier molecular flexibility index (Phi) is 5.21. The normalized spacial score (nSPS) is 15.9. The van der Waals surface area contributed by atoms with Gasteiger partial charge in [0.2, 0.25) is 0 Å². The minimum absolute atomic E-state index is 0.961. The first-order valence-electron chi connectivity index (χ1n) is 7.25. The summed E-state index contributed by atoms with van der Waals surface area (Å²) in [5.74, 6) is 0.961. The van der Waals surface area contributed by atoms with Gasteiger partial charge in [-0.2, -0.15) is 0 Å².